The number of ether oxygens (including phenoxy) is 2. The molecule has 114 valence electrons. The number of para-hydroxylation sites is 1. The summed E-state index contributed by atoms with van der Waals surface area (Å²) in [6, 6.07) is 5.78. The van der Waals surface area contributed by atoms with Crippen LogP contribution in [0.3, 0.4) is 0 Å². The summed E-state index contributed by atoms with van der Waals surface area (Å²) >= 11 is 0. The number of hydrogen-bond donors (Lipinski definition) is 2. The highest BCUT2D eigenvalue weighted by Gasteiger charge is 2.23. The maximum Gasteiger partial charge on any atom is 0.255 e. The monoisotopic (exact) mass is 290 g/mol. The second kappa shape index (κ2) is 6.35. The van der Waals surface area contributed by atoms with Crippen LogP contribution in [0, 0.1) is 5.92 Å². The third-order valence-corrected chi connectivity index (χ3v) is 4.22. The van der Waals surface area contributed by atoms with Crippen molar-refractivity contribution in [1.82, 2.24) is 10.6 Å². The van der Waals surface area contributed by atoms with E-state index in [1.807, 2.05) is 12.1 Å². The van der Waals surface area contributed by atoms with E-state index in [0.717, 1.165) is 6.54 Å². The Kier molecular flexibility index (Phi) is 4.29. The second-order valence-electron chi connectivity index (χ2n) is 5.72. The molecule has 3 rings (SSSR count). The SMILES string of the molecule is CC1CCCNC1CNC(=O)c1cccc2c1OCCO2. The minimum Gasteiger partial charge on any atom is -0.486 e. The third-order valence-electron chi connectivity index (χ3n) is 4.22. The minimum atomic E-state index is -0.100. The molecule has 1 aromatic carbocycles. The molecule has 5 nitrogen and oxygen atoms in total. The van der Waals surface area contributed by atoms with Gasteiger partial charge in [-0.2, -0.15) is 0 Å². The number of hydrogen-bond acceptors (Lipinski definition) is 4. The molecule has 2 aliphatic heterocycles. The summed E-state index contributed by atoms with van der Waals surface area (Å²) in [5.41, 5.74) is 0.552. The highest BCUT2D eigenvalue weighted by atomic mass is 16.6. The van der Waals surface area contributed by atoms with Crippen LogP contribution in [-0.4, -0.2) is 38.3 Å². The molecule has 2 atom stereocenters. The smallest absolute Gasteiger partial charge is 0.255 e. The lowest BCUT2D eigenvalue weighted by atomic mass is 9.93. The first-order valence-electron chi connectivity index (χ1n) is 7.66. The fourth-order valence-corrected chi connectivity index (χ4v) is 2.94. The van der Waals surface area contributed by atoms with Gasteiger partial charge in [0.05, 0.1) is 5.56 Å². The van der Waals surface area contributed by atoms with Crippen LogP contribution in [0.15, 0.2) is 18.2 Å². The number of fused-ring (bicyclic) bond motifs is 1. The summed E-state index contributed by atoms with van der Waals surface area (Å²) in [6.45, 7) is 4.91. The molecule has 2 aliphatic rings. The molecule has 5 heteroatoms. The van der Waals surface area contributed by atoms with Crippen molar-refractivity contribution in [2.24, 2.45) is 5.92 Å². The number of nitrogens with one attached hydrogen (secondary N) is 2. The van der Waals surface area contributed by atoms with Gasteiger partial charge in [0.15, 0.2) is 11.5 Å². The molecule has 1 aromatic rings. The highest BCUT2D eigenvalue weighted by molar-refractivity contribution is 5.97. The molecule has 0 saturated carbocycles. The van der Waals surface area contributed by atoms with Crippen molar-refractivity contribution in [3.63, 3.8) is 0 Å². The first-order valence-corrected chi connectivity index (χ1v) is 7.66. The molecule has 2 heterocycles. The average Bonchev–Trinajstić information content (AvgIpc) is 2.53. The second-order valence-corrected chi connectivity index (χ2v) is 5.72. The lowest BCUT2D eigenvalue weighted by Gasteiger charge is -2.30. The van der Waals surface area contributed by atoms with Gasteiger partial charge in [0, 0.05) is 12.6 Å². The number of rotatable bonds is 3. The summed E-state index contributed by atoms with van der Waals surface area (Å²) in [5.74, 6) is 1.70. The Morgan fingerprint density at radius 3 is 3.10 bits per heavy atom. The van der Waals surface area contributed by atoms with Crippen LogP contribution in [-0.2, 0) is 0 Å². The van der Waals surface area contributed by atoms with Gasteiger partial charge in [-0.05, 0) is 37.4 Å². The van der Waals surface area contributed by atoms with Gasteiger partial charge in [-0.1, -0.05) is 13.0 Å². The largest absolute Gasteiger partial charge is 0.486 e. The molecule has 2 unspecified atom stereocenters. The van der Waals surface area contributed by atoms with Crippen LogP contribution >= 0.6 is 0 Å². The molecule has 21 heavy (non-hydrogen) atoms. The van der Waals surface area contributed by atoms with Crippen molar-refractivity contribution in [1.29, 1.82) is 0 Å². The Morgan fingerprint density at radius 2 is 2.24 bits per heavy atom. The molecular formula is C16H22N2O3. The summed E-state index contributed by atoms with van der Waals surface area (Å²) in [5, 5.41) is 6.48. The molecule has 0 spiro atoms. The van der Waals surface area contributed by atoms with E-state index in [9.17, 15) is 4.79 Å². The maximum absolute atomic E-state index is 12.4. The van der Waals surface area contributed by atoms with E-state index in [4.69, 9.17) is 9.47 Å². The zero-order valence-corrected chi connectivity index (χ0v) is 12.4. The Bertz CT molecular complexity index is 518. The summed E-state index contributed by atoms with van der Waals surface area (Å²) in [4.78, 5) is 12.4. The van der Waals surface area contributed by atoms with Crippen molar-refractivity contribution in [2.45, 2.75) is 25.8 Å². The Balaban J connectivity index is 1.65. The van der Waals surface area contributed by atoms with E-state index in [1.54, 1.807) is 6.07 Å². The summed E-state index contributed by atoms with van der Waals surface area (Å²) in [6.07, 6.45) is 2.42. The third kappa shape index (κ3) is 3.13. The highest BCUT2D eigenvalue weighted by Crippen LogP contribution is 2.33. The zero-order valence-electron chi connectivity index (χ0n) is 12.4. The predicted molar refractivity (Wildman–Crippen MR) is 80.0 cm³/mol. The Morgan fingerprint density at radius 1 is 1.38 bits per heavy atom. The quantitative estimate of drug-likeness (QED) is 0.887. The normalized spacial score (nSPS) is 24.4. The standard InChI is InChI=1S/C16H22N2O3/c1-11-4-3-7-17-13(11)10-18-16(19)12-5-2-6-14-15(12)21-9-8-20-14/h2,5-6,11,13,17H,3-4,7-10H2,1H3,(H,18,19). The van der Waals surface area contributed by atoms with Gasteiger partial charge < -0.3 is 20.1 Å². The number of amides is 1. The van der Waals surface area contributed by atoms with Gasteiger partial charge >= 0.3 is 0 Å². The molecule has 0 aliphatic carbocycles. The number of piperidine rings is 1. The topological polar surface area (TPSA) is 59.6 Å². The lowest BCUT2D eigenvalue weighted by molar-refractivity contribution is 0.0932. The molecule has 1 amide bonds. The van der Waals surface area contributed by atoms with Gasteiger partial charge in [0.1, 0.15) is 13.2 Å². The lowest BCUT2D eigenvalue weighted by Crippen LogP contribution is -2.47. The fourth-order valence-electron chi connectivity index (χ4n) is 2.94. The number of carbonyl (C=O) groups excluding carboxylic acids is 1. The van der Waals surface area contributed by atoms with Crippen molar-refractivity contribution < 1.29 is 14.3 Å². The molecule has 1 saturated heterocycles. The van der Waals surface area contributed by atoms with Crippen molar-refractivity contribution in [2.75, 3.05) is 26.3 Å². The van der Waals surface area contributed by atoms with E-state index in [1.165, 1.54) is 12.8 Å². The zero-order chi connectivity index (χ0) is 14.7. The van der Waals surface area contributed by atoms with Gasteiger partial charge in [0.2, 0.25) is 0 Å². The van der Waals surface area contributed by atoms with Crippen LogP contribution in [0.5, 0.6) is 11.5 Å². The predicted octanol–water partition coefficient (Wildman–Crippen LogP) is 1.58. The molecule has 0 bridgehead atoms. The molecule has 0 radical (unpaired) electrons. The maximum atomic E-state index is 12.4. The van der Waals surface area contributed by atoms with Crippen LogP contribution in [0.2, 0.25) is 0 Å². The Labute approximate surface area is 125 Å². The van der Waals surface area contributed by atoms with E-state index in [2.05, 4.69) is 17.6 Å². The van der Waals surface area contributed by atoms with Crippen molar-refractivity contribution in [3.8, 4) is 11.5 Å². The van der Waals surface area contributed by atoms with Gasteiger partial charge in [-0.3, -0.25) is 4.79 Å². The first kappa shape index (κ1) is 14.2. The van der Waals surface area contributed by atoms with Gasteiger partial charge in [0.25, 0.3) is 5.91 Å². The van der Waals surface area contributed by atoms with Crippen molar-refractivity contribution in [3.05, 3.63) is 23.8 Å². The van der Waals surface area contributed by atoms with Crippen LogP contribution in [0.4, 0.5) is 0 Å². The fraction of sp³-hybridized carbons (Fsp3) is 0.562. The van der Waals surface area contributed by atoms with E-state index in [0.29, 0.717) is 48.8 Å². The Hall–Kier alpha value is -1.75. The van der Waals surface area contributed by atoms with Gasteiger partial charge in [-0.15, -0.1) is 0 Å². The van der Waals surface area contributed by atoms with Gasteiger partial charge in [-0.25, -0.2) is 0 Å². The number of carbonyl (C=O) groups is 1. The summed E-state index contributed by atoms with van der Waals surface area (Å²) in [7, 11) is 0. The van der Waals surface area contributed by atoms with E-state index in [-0.39, 0.29) is 5.91 Å². The van der Waals surface area contributed by atoms with Crippen LogP contribution in [0.1, 0.15) is 30.1 Å². The van der Waals surface area contributed by atoms with Crippen molar-refractivity contribution >= 4 is 5.91 Å². The summed E-state index contributed by atoms with van der Waals surface area (Å²) < 4.78 is 11.1. The van der Waals surface area contributed by atoms with E-state index < -0.39 is 0 Å². The average molecular weight is 290 g/mol. The number of benzene rings is 1. The van der Waals surface area contributed by atoms with Crippen LogP contribution in [0.25, 0.3) is 0 Å². The minimum absolute atomic E-state index is 0.100. The molecule has 2 N–H and O–H groups in total. The van der Waals surface area contributed by atoms with Crippen LogP contribution < -0.4 is 20.1 Å². The van der Waals surface area contributed by atoms with E-state index >= 15 is 0 Å². The molecular weight excluding hydrogens is 268 g/mol. The first-order chi connectivity index (χ1) is 10.3. The molecule has 1 fully saturated rings. The molecule has 0 aromatic heterocycles.